The van der Waals surface area contributed by atoms with Crippen LogP contribution in [0.4, 0.5) is 5.69 Å². The van der Waals surface area contributed by atoms with Crippen LogP contribution >= 0.6 is 0 Å². The van der Waals surface area contributed by atoms with Gasteiger partial charge in [0.25, 0.3) is 0 Å². The normalized spacial score (nSPS) is 14.9. The Balaban J connectivity index is 1.93. The van der Waals surface area contributed by atoms with E-state index in [1.165, 1.54) is 0 Å². The van der Waals surface area contributed by atoms with Gasteiger partial charge in [0.05, 0.1) is 12.7 Å². The number of anilines is 1. The van der Waals surface area contributed by atoms with Crippen molar-refractivity contribution in [3.63, 3.8) is 0 Å². The average Bonchev–Trinajstić information content (AvgIpc) is 2.67. The zero-order valence-electron chi connectivity index (χ0n) is 14.5. The topological polar surface area (TPSA) is 30.5 Å². The van der Waals surface area contributed by atoms with Gasteiger partial charge >= 0.3 is 0 Å². The van der Waals surface area contributed by atoms with Crippen molar-refractivity contribution in [3.8, 4) is 22.6 Å². The maximum absolute atomic E-state index is 6.41. The minimum absolute atomic E-state index is 0.130. The van der Waals surface area contributed by atoms with Gasteiger partial charge in [-0.15, -0.1) is 0 Å². The molecule has 1 aliphatic rings. The summed E-state index contributed by atoms with van der Waals surface area (Å²) in [6.07, 6.45) is -0.130. The summed E-state index contributed by atoms with van der Waals surface area (Å²) in [6, 6.07) is 22.8. The highest BCUT2D eigenvalue weighted by Gasteiger charge is 2.29. The van der Waals surface area contributed by atoms with Crippen LogP contribution in [0.3, 0.4) is 0 Å². The molecule has 3 nitrogen and oxygen atoms in total. The first-order valence-corrected chi connectivity index (χ1v) is 8.58. The average molecular weight is 331 g/mol. The number of nitrogens with one attached hydrogen (secondary N) is 1. The van der Waals surface area contributed by atoms with Gasteiger partial charge in [0, 0.05) is 17.8 Å². The molecule has 1 aliphatic heterocycles. The molecule has 0 radical (unpaired) electrons. The predicted octanol–water partition coefficient (Wildman–Crippen LogP) is 5.28. The van der Waals surface area contributed by atoms with E-state index in [1.807, 2.05) is 36.4 Å². The molecule has 0 fully saturated rings. The fraction of sp³-hybridized carbons (Fsp3) is 0.182. The molecule has 126 valence electrons. The first kappa shape index (κ1) is 15.6. The van der Waals surface area contributed by atoms with Gasteiger partial charge in [-0.3, -0.25) is 0 Å². The summed E-state index contributed by atoms with van der Waals surface area (Å²) in [5, 5.41) is 3.40. The summed E-state index contributed by atoms with van der Waals surface area (Å²) in [5.74, 6) is 1.69. The highest BCUT2D eigenvalue weighted by molar-refractivity contribution is 5.83. The van der Waals surface area contributed by atoms with Crippen molar-refractivity contribution in [2.45, 2.75) is 13.0 Å². The summed E-state index contributed by atoms with van der Waals surface area (Å²) in [7, 11) is 1.70. The van der Waals surface area contributed by atoms with Gasteiger partial charge in [-0.05, 0) is 42.3 Å². The largest absolute Gasteiger partial charge is 0.496 e. The van der Waals surface area contributed by atoms with Gasteiger partial charge in [0.2, 0.25) is 0 Å². The Morgan fingerprint density at radius 2 is 1.84 bits per heavy atom. The van der Waals surface area contributed by atoms with Crippen LogP contribution in [0.5, 0.6) is 11.5 Å². The first-order chi connectivity index (χ1) is 12.3. The van der Waals surface area contributed by atoms with E-state index in [2.05, 4.69) is 42.6 Å². The second-order valence-corrected chi connectivity index (χ2v) is 6.07. The van der Waals surface area contributed by atoms with Crippen LogP contribution < -0.4 is 14.8 Å². The Bertz CT molecular complexity index is 890. The van der Waals surface area contributed by atoms with E-state index in [9.17, 15) is 0 Å². The lowest BCUT2D eigenvalue weighted by atomic mass is 9.88. The van der Waals surface area contributed by atoms with Gasteiger partial charge in [0.15, 0.2) is 0 Å². The van der Waals surface area contributed by atoms with Crippen molar-refractivity contribution in [1.29, 1.82) is 0 Å². The zero-order chi connectivity index (χ0) is 17.2. The standard InChI is InChI=1S/C22H21NO2/c1-3-23-16-12-13-17-18(14-16)22(15-8-5-4-6-9-15)25-20-11-7-10-19(24-2)21(17)20/h4-14,22-23H,3H2,1-2H3. The molecular formula is C22H21NO2. The van der Waals surface area contributed by atoms with Crippen LogP contribution in [0.2, 0.25) is 0 Å². The van der Waals surface area contributed by atoms with E-state index in [4.69, 9.17) is 9.47 Å². The van der Waals surface area contributed by atoms with Gasteiger partial charge < -0.3 is 14.8 Å². The van der Waals surface area contributed by atoms with Crippen LogP contribution in [-0.4, -0.2) is 13.7 Å². The van der Waals surface area contributed by atoms with Crippen LogP contribution in [0.25, 0.3) is 11.1 Å². The van der Waals surface area contributed by atoms with Crippen LogP contribution in [0.1, 0.15) is 24.2 Å². The zero-order valence-corrected chi connectivity index (χ0v) is 14.5. The Hall–Kier alpha value is -2.94. The molecule has 3 heteroatoms. The molecule has 3 aromatic carbocycles. The number of benzene rings is 3. The third kappa shape index (κ3) is 2.72. The van der Waals surface area contributed by atoms with Crippen molar-refractivity contribution < 1.29 is 9.47 Å². The lowest BCUT2D eigenvalue weighted by molar-refractivity contribution is 0.242. The van der Waals surface area contributed by atoms with E-state index >= 15 is 0 Å². The molecule has 0 spiro atoms. The Labute approximate surface area is 148 Å². The summed E-state index contributed by atoms with van der Waals surface area (Å²) < 4.78 is 12.0. The fourth-order valence-corrected chi connectivity index (χ4v) is 3.43. The summed E-state index contributed by atoms with van der Waals surface area (Å²) in [4.78, 5) is 0. The third-order valence-corrected chi connectivity index (χ3v) is 4.54. The number of ether oxygens (including phenoxy) is 2. The summed E-state index contributed by atoms with van der Waals surface area (Å²) in [5.41, 5.74) is 5.58. The van der Waals surface area contributed by atoms with Crippen molar-refractivity contribution in [3.05, 3.63) is 77.9 Å². The second kappa shape index (κ2) is 6.52. The molecule has 1 heterocycles. The minimum atomic E-state index is -0.130. The van der Waals surface area contributed by atoms with Crippen LogP contribution in [0, 0.1) is 0 Å². The van der Waals surface area contributed by atoms with E-state index < -0.39 is 0 Å². The minimum Gasteiger partial charge on any atom is -0.496 e. The number of fused-ring (bicyclic) bond motifs is 3. The maximum atomic E-state index is 6.41. The highest BCUT2D eigenvalue weighted by atomic mass is 16.5. The molecule has 1 atom stereocenters. The van der Waals surface area contributed by atoms with E-state index in [0.29, 0.717) is 0 Å². The molecule has 0 bridgehead atoms. The molecule has 1 unspecified atom stereocenters. The Kier molecular flexibility index (Phi) is 4.06. The summed E-state index contributed by atoms with van der Waals surface area (Å²) >= 11 is 0. The van der Waals surface area contributed by atoms with Crippen molar-refractivity contribution in [2.75, 3.05) is 19.0 Å². The summed E-state index contributed by atoms with van der Waals surface area (Å²) in [6.45, 7) is 2.98. The molecular weight excluding hydrogens is 310 g/mol. The monoisotopic (exact) mass is 331 g/mol. The van der Waals surface area contributed by atoms with Gasteiger partial charge in [0.1, 0.15) is 17.6 Å². The molecule has 0 saturated carbocycles. The van der Waals surface area contributed by atoms with Crippen LogP contribution in [-0.2, 0) is 0 Å². The number of rotatable bonds is 4. The maximum Gasteiger partial charge on any atom is 0.150 e. The smallest absolute Gasteiger partial charge is 0.150 e. The SMILES string of the molecule is CCNc1ccc2c(c1)C(c1ccccc1)Oc1cccc(OC)c1-2. The molecule has 25 heavy (non-hydrogen) atoms. The lowest BCUT2D eigenvalue weighted by Crippen LogP contribution is -2.16. The molecule has 0 aromatic heterocycles. The van der Waals surface area contributed by atoms with E-state index in [1.54, 1.807) is 7.11 Å². The molecule has 0 amide bonds. The number of methoxy groups -OCH3 is 1. The molecule has 4 rings (SSSR count). The van der Waals surface area contributed by atoms with E-state index in [0.717, 1.165) is 46.0 Å². The third-order valence-electron chi connectivity index (χ3n) is 4.54. The first-order valence-electron chi connectivity index (χ1n) is 8.58. The van der Waals surface area contributed by atoms with Gasteiger partial charge in [-0.25, -0.2) is 0 Å². The number of hydrogen-bond donors (Lipinski definition) is 1. The predicted molar refractivity (Wildman–Crippen MR) is 102 cm³/mol. The highest BCUT2D eigenvalue weighted by Crippen LogP contribution is 2.49. The second-order valence-electron chi connectivity index (χ2n) is 6.07. The molecule has 3 aromatic rings. The molecule has 0 saturated heterocycles. The van der Waals surface area contributed by atoms with Crippen LogP contribution in [0.15, 0.2) is 66.7 Å². The van der Waals surface area contributed by atoms with E-state index in [-0.39, 0.29) is 6.10 Å². The lowest BCUT2D eigenvalue weighted by Gasteiger charge is -2.30. The number of hydrogen-bond acceptors (Lipinski definition) is 3. The van der Waals surface area contributed by atoms with Crippen molar-refractivity contribution >= 4 is 5.69 Å². The van der Waals surface area contributed by atoms with Crippen molar-refractivity contribution in [2.24, 2.45) is 0 Å². The fourth-order valence-electron chi connectivity index (χ4n) is 3.43. The quantitative estimate of drug-likeness (QED) is 0.706. The molecule has 1 N–H and O–H groups in total. The van der Waals surface area contributed by atoms with Gasteiger partial charge in [-0.1, -0.05) is 42.5 Å². The Morgan fingerprint density at radius 1 is 1.00 bits per heavy atom. The van der Waals surface area contributed by atoms with Crippen molar-refractivity contribution in [1.82, 2.24) is 0 Å². The molecule has 0 aliphatic carbocycles. The van der Waals surface area contributed by atoms with Gasteiger partial charge in [-0.2, -0.15) is 0 Å². The Morgan fingerprint density at radius 3 is 2.60 bits per heavy atom.